The molecule has 3 N–H and O–H groups in total. The number of benzene rings is 1. The van der Waals surface area contributed by atoms with Crippen LogP contribution in [0.2, 0.25) is 0 Å². The molecule has 0 aliphatic rings. The van der Waals surface area contributed by atoms with Gasteiger partial charge in [0.25, 0.3) is 0 Å². The Bertz CT molecular complexity index is 396. The molecule has 0 saturated heterocycles. The Kier molecular flexibility index (Phi) is 6.74. The largest absolute Gasteiger partial charge is 0.493 e. The van der Waals surface area contributed by atoms with Gasteiger partial charge in [0.15, 0.2) is 0 Å². The Morgan fingerprint density at radius 2 is 2.26 bits per heavy atom. The van der Waals surface area contributed by atoms with Crippen LogP contribution in [0, 0.1) is 0 Å². The lowest BCUT2D eigenvalue weighted by Gasteiger charge is -2.16. The summed E-state index contributed by atoms with van der Waals surface area (Å²) in [5, 5.41) is 2.90. The normalized spacial score (nSPS) is 11.9. The number of nitrogens with two attached hydrogens (primary N) is 1. The lowest BCUT2D eigenvalue weighted by molar-refractivity contribution is -0.122. The fourth-order valence-corrected chi connectivity index (χ4v) is 1.63. The van der Waals surface area contributed by atoms with Crippen molar-refractivity contribution in [2.45, 2.75) is 25.8 Å². The van der Waals surface area contributed by atoms with Gasteiger partial charge in [0.05, 0.1) is 25.7 Å². The molecule has 0 spiro atoms. The van der Waals surface area contributed by atoms with Crippen molar-refractivity contribution in [2.75, 3.05) is 26.1 Å². The van der Waals surface area contributed by atoms with Crippen LogP contribution >= 0.6 is 0 Å². The van der Waals surface area contributed by atoms with Crippen LogP contribution in [0.5, 0.6) is 5.75 Å². The van der Waals surface area contributed by atoms with Crippen molar-refractivity contribution >= 4 is 11.6 Å². The van der Waals surface area contributed by atoms with Gasteiger partial charge in [-0.3, -0.25) is 4.79 Å². The minimum Gasteiger partial charge on any atom is -0.493 e. The van der Waals surface area contributed by atoms with E-state index in [2.05, 4.69) is 5.32 Å². The molecular formula is C14H22N2O3. The van der Waals surface area contributed by atoms with E-state index in [1.54, 1.807) is 19.2 Å². The molecule has 0 bridgehead atoms. The summed E-state index contributed by atoms with van der Waals surface area (Å²) in [5.41, 5.74) is 6.28. The fourth-order valence-electron chi connectivity index (χ4n) is 1.63. The minimum atomic E-state index is -0.0344. The first kappa shape index (κ1) is 15.3. The number of anilines is 1. The summed E-state index contributed by atoms with van der Waals surface area (Å²) in [6.07, 6.45) is 1.16. The van der Waals surface area contributed by atoms with E-state index in [0.29, 0.717) is 31.1 Å². The second-order valence-corrected chi connectivity index (χ2v) is 4.30. The van der Waals surface area contributed by atoms with E-state index < -0.39 is 0 Å². The topological polar surface area (TPSA) is 73.6 Å². The van der Waals surface area contributed by atoms with Crippen LogP contribution in [0.25, 0.3) is 0 Å². The highest BCUT2D eigenvalue weighted by atomic mass is 16.5. The second-order valence-electron chi connectivity index (χ2n) is 4.30. The fraction of sp³-hybridized carbons (Fsp3) is 0.500. The maximum atomic E-state index is 11.7. The van der Waals surface area contributed by atoms with Gasteiger partial charge in [-0.25, -0.2) is 0 Å². The summed E-state index contributed by atoms with van der Waals surface area (Å²) in [5.74, 6) is 0.643. The number of methoxy groups -OCH3 is 1. The highest BCUT2D eigenvalue weighted by molar-refractivity contribution is 5.76. The Morgan fingerprint density at radius 1 is 1.47 bits per heavy atom. The third-order valence-electron chi connectivity index (χ3n) is 2.68. The summed E-state index contributed by atoms with van der Waals surface area (Å²) in [6.45, 7) is 2.87. The van der Waals surface area contributed by atoms with Crippen LogP contribution < -0.4 is 15.8 Å². The molecule has 0 heterocycles. The molecule has 1 amide bonds. The zero-order valence-electron chi connectivity index (χ0n) is 11.5. The van der Waals surface area contributed by atoms with Gasteiger partial charge in [0, 0.05) is 18.9 Å². The lowest BCUT2D eigenvalue weighted by Crippen LogP contribution is -2.38. The average molecular weight is 266 g/mol. The van der Waals surface area contributed by atoms with Crippen molar-refractivity contribution in [1.82, 2.24) is 5.32 Å². The molecule has 5 heteroatoms. The van der Waals surface area contributed by atoms with Crippen molar-refractivity contribution in [3.05, 3.63) is 24.3 Å². The third kappa shape index (κ3) is 6.10. The van der Waals surface area contributed by atoms with Crippen LogP contribution in [0.1, 0.15) is 19.8 Å². The zero-order valence-corrected chi connectivity index (χ0v) is 11.5. The van der Waals surface area contributed by atoms with Gasteiger partial charge in [0.1, 0.15) is 5.75 Å². The van der Waals surface area contributed by atoms with Crippen LogP contribution in [0.15, 0.2) is 24.3 Å². The first-order valence-electron chi connectivity index (χ1n) is 6.42. The van der Waals surface area contributed by atoms with E-state index in [1.165, 1.54) is 0 Å². The monoisotopic (exact) mass is 266 g/mol. The zero-order chi connectivity index (χ0) is 14.1. The highest BCUT2D eigenvalue weighted by Crippen LogP contribution is 2.14. The molecule has 5 nitrogen and oxygen atoms in total. The Balaban J connectivity index is 2.27. The van der Waals surface area contributed by atoms with Gasteiger partial charge in [-0.15, -0.1) is 0 Å². The number of carbonyl (C=O) groups excluding carboxylic acids is 1. The molecular weight excluding hydrogens is 244 g/mol. The molecule has 1 aromatic carbocycles. The number of nitrogen functional groups attached to an aromatic ring is 1. The summed E-state index contributed by atoms with van der Waals surface area (Å²) < 4.78 is 10.5. The number of nitrogens with one attached hydrogen (secondary N) is 1. The molecule has 0 aromatic heterocycles. The quantitative estimate of drug-likeness (QED) is 0.701. The third-order valence-corrected chi connectivity index (χ3v) is 2.68. The van der Waals surface area contributed by atoms with E-state index in [-0.39, 0.29) is 11.9 Å². The summed E-state index contributed by atoms with van der Waals surface area (Å²) >= 11 is 0. The van der Waals surface area contributed by atoms with E-state index >= 15 is 0 Å². The van der Waals surface area contributed by atoms with Crippen molar-refractivity contribution in [3.8, 4) is 5.75 Å². The molecule has 0 aliphatic heterocycles. The smallest absolute Gasteiger partial charge is 0.223 e. The Hall–Kier alpha value is -1.75. The molecule has 0 saturated carbocycles. The highest BCUT2D eigenvalue weighted by Gasteiger charge is 2.09. The molecule has 0 fully saturated rings. The molecule has 1 aromatic rings. The van der Waals surface area contributed by atoms with Crippen molar-refractivity contribution in [2.24, 2.45) is 0 Å². The molecule has 0 radical (unpaired) electrons. The second kappa shape index (κ2) is 8.37. The van der Waals surface area contributed by atoms with E-state index in [1.807, 2.05) is 19.1 Å². The Morgan fingerprint density at radius 3 is 2.89 bits per heavy atom. The van der Waals surface area contributed by atoms with Crippen LogP contribution in [0.4, 0.5) is 5.69 Å². The van der Waals surface area contributed by atoms with E-state index in [4.69, 9.17) is 15.2 Å². The van der Waals surface area contributed by atoms with Crippen molar-refractivity contribution in [3.63, 3.8) is 0 Å². The SMILES string of the molecule is CCC(COC)NC(=O)CCOc1cccc(N)c1. The molecule has 106 valence electrons. The van der Waals surface area contributed by atoms with Gasteiger partial charge in [0.2, 0.25) is 5.91 Å². The average Bonchev–Trinajstić information content (AvgIpc) is 2.38. The lowest BCUT2D eigenvalue weighted by atomic mass is 10.2. The van der Waals surface area contributed by atoms with Crippen LogP contribution in [-0.4, -0.2) is 32.3 Å². The minimum absolute atomic E-state index is 0.0344. The van der Waals surface area contributed by atoms with Crippen molar-refractivity contribution in [1.29, 1.82) is 0 Å². The number of amides is 1. The number of ether oxygens (including phenoxy) is 2. The van der Waals surface area contributed by atoms with Gasteiger partial charge in [-0.1, -0.05) is 13.0 Å². The summed E-state index contributed by atoms with van der Waals surface area (Å²) in [4.78, 5) is 11.7. The van der Waals surface area contributed by atoms with E-state index in [9.17, 15) is 4.79 Å². The molecule has 1 atom stereocenters. The first-order valence-corrected chi connectivity index (χ1v) is 6.42. The number of carbonyl (C=O) groups is 1. The first-order chi connectivity index (χ1) is 9.15. The van der Waals surface area contributed by atoms with Gasteiger partial charge < -0.3 is 20.5 Å². The molecule has 19 heavy (non-hydrogen) atoms. The maximum absolute atomic E-state index is 11.7. The molecule has 0 aliphatic carbocycles. The maximum Gasteiger partial charge on any atom is 0.223 e. The van der Waals surface area contributed by atoms with E-state index in [0.717, 1.165) is 6.42 Å². The number of hydrogen-bond acceptors (Lipinski definition) is 4. The van der Waals surface area contributed by atoms with Crippen molar-refractivity contribution < 1.29 is 14.3 Å². The number of rotatable bonds is 8. The van der Waals surface area contributed by atoms with Crippen LogP contribution in [0.3, 0.4) is 0 Å². The predicted octanol–water partition coefficient (Wildman–Crippen LogP) is 1.58. The van der Waals surface area contributed by atoms with Gasteiger partial charge in [-0.2, -0.15) is 0 Å². The number of hydrogen-bond donors (Lipinski definition) is 2. The molecule has 1 unspecified atom stereocenters. The summed E-state index contributed by atoms with van der Waals surface area (Å²) in [6, 6.07) is 7.21. The predicted molar refractivity (Wildman–Crippen MR) is 75.1 cm³/mol. The van der Waals surface area contributed by atoms with Gasteiger partial charge in [-0.05, 0) is 18.6 Å². The summed E-state index contributed by atoms with van der Waals surface area (Å²) in [7, 11) is 1.62. The standard InChI is InChI=1S/C14H22N2O3/c1-3-12(10-18-2)16-14(17)7-8-19-13-6-4-5-11(15)9-13/h4-6,9,12H,3,7-8,10,15H2,1-2H3,(H,16,17). The molecule has 1 rings (SSSR count). The van der Waals surface area contributed by atoms with Gasteiger partial charge >= 0.3 is 0 Å². The Labute approximate surface area is 114 Å². The van der Waals surface area contributed by atoms with Crippen LogP contribution in [-0.2, 0) is 9.53 Å².